The highest BCUT2D eigenvalue weighted by Gasteiger charge is 2.12. The molecule has 0 spiro atoms. The fourth-order valence-electron chi connectivity index (χ4n) is 1.19. The molecule has 0 fully saturated rings. The molecule has 1 aromatic heterocycles. The number of nitrogen functional groups attached to an aromatic ring is 1. The van der Waals surface area contributed by atoms with E-state index in [-0.39, 0.29) is 11.6 Å². The third-order valence-electron chi connectivity index (χ3n) is 1.99. The van der Waals surface area contributed by atoms with E-state index in [1.807, 2.05) is 0 Å². The molecule has 1 aromatic carbocycles. The molecule has 0 aliphatic carbocycles. The zero-order valence-electron chi connectivity index (χ0n) is 8.82. The zero-order valence-corrected chi connectivity index (χ0v) is 12.0. The Morgan fingerprint density at radius 1 is 1.28 bits per heavy atom. The lowest BCUT2D eigenvalue weighted by atomic mass is 10.3. The van der Waals surface area contributed by atoms with Gasteiger partial charge in [-0.25, -0.2) is 20.2 Å². The number of hydrogen-bond donors (Lipinski definition) is 2. The van der Waals surface area contributed by atoms with Gasteiger partial charge in [0.2, 0.25) is 5.88 Å². The van der Waals surface area contributed by atoms with Crippen LogP contribution in [0.2, 0.25) is 0 Å². The lowest BCUT2D eigenvalue weighted by Crippen LogP contribution is -2.10. The van der Waals surface area contributed by atoms with Crippen LogP contribution in [0.4, 0.5) is 10.2 Å². The van der Waals surface area contributed by atoms with E-state index in [0.717, 1.165) is 0 Å². The summed E-state index contributed by atoms with van der Waals surface area (Å²) < 4.78 is 20.0. The summed E-state index contributed by atoms with van der Waals surface area (Å²) in [5.41, 5.74) is 2.37. The van der Waals surface area contributed by atoms with Crippen LogP contribution in [0.25, 0.3) is 0 Å². The van der Waals surface area contributed by atoms with E-state index in [9.17, 15) is 4.39 Å². The van der Waals surface area contributed by atoms with Crippen LogP contribution in [0, 0.1) is 5.82 Å². The van der Waals surface area contributed by atoms with Gasteiger partial charge in [-0.2, -0.15) is 0 Å². The second kappa shape index (κ2) is 5.59. The molecule has 0 saturated heterocycles. The number of hydrazine groups is 1. The molecule has 3 N–H and O–H groups in total. The Balaban J connectivity index is 2.37. The summed E-state index contributed by atoms with van der Waals surface area (Å²) >= 11 is 6.45. The maximum absolute atomic E-state index is 13.5. The predicted octanol–water partition coefficient (Wildman–Crippen LogP) is 3.22. The van der Waals surface area contributed by atoms with E-state index in [1.54, 1.807) is 6.07 Å². The van der Waals surface area contributed by atoms with Crippen LogP contribution in [-0.2, 0) is 0 Å². The second-order valence-electron chi connectivity index (χ2n) is 3.16. The van der Waals surface area contributed by atoms with E-state index in [2.05, 4.69) is 47.3 Å². The van der Waals surface area contributed by atoms with E-state index < -0.39 is 5.82 Å². The molecule has 0 aliphatic rings. The first-order chi connectivity index (χ1) is 8.61. The second-order valence-corrected chi connectivity index (χ2v) is 4.87. The Bertz CT molecular complexity index is 582. The molecular formula is C10H7Br2FN4O. The van der Waals surface area contributed by atoms with Gasteiger partial charge < -0.3 is 10.2 Å². The summed E-state index contributed by atoms with van der Waals surface area (Å²) in [6, 6.07) is 4.36. The number of nitrogens with zero attached hydrogens (tertiary/aromatic N) is 2. The summed E-state index contributed by atoms with van der Waals surface area (Å²) in [6.45, 7) is 0. The molecule has 2 aromatic rings. The van der Waals surface area contributed by atoms with Gasteiger partial charge in [0, 0.05) is 4.47 Å². The maximum Gasteiger partial charge on any atom is 0.239 e. The van der Waals surface area contributed by atoms with Gasteiger partial charge in [-0.1, -0.05) is 15.9 Å². The van der Waals surface area contributed by atoms with Crippen molar-refractivity contribution in [2.75, 3.05) is 5.43 Å². The fraction of sp³-hybridized carbons (Fsp3) is 0. The normalized spacial score (nSPS) is 10.2. The fourth-order valence-corrected chi connectivity index (χ4v) is 1.93. The average Bonchev–Trinajstić information content (AvgIpc) is 2.36. The van der Waals surface area contributed by atoms with Gasteiger partial charge in [-0.15, -0.1) is 0 Å². The molecule has 0 amide bonds. The molecule has 94 valence electrons. The van der Waals surface area contributed by atoms with Crippen molar-refractivity contribution in [1.82, 2.24) is 9.97 Å². The van der Waals surface area contributed by atoms with Crippen LogP contribution in [-0.4, -0.2) is 9.97 Å². The highest BCUT2D eigenvalue weighted by atomic mass is 79.9. The summed E-state index contributed by atoms with van der Waals surface area (Å²) in [5.74, 6) is 5.32. The van der Waals surface area contributed by atoms with Crippen molar-refractivity contribution in [3.05, 3.63) is 39.3 Å². The third kappa shape index (κ3) is 2.77. The van der Waals surface area contributed by atoms with Crippen LogP contribution < -0.4 is 16.0 Å². The molecule has 2 rings (SSSR count). The van der Waals surface area contributed by atoms with E-state index in [0.29, 0.717) is 14.8 Å². The highest BCUT2D eigenvalue weighted by Crippen LogP contribution is 2.33. The highest BCUT2D eigenvalue weighted by molar-refractivity contribution is 9.11. The van der Waals surface area contributed by atoms with Gasteiger partial charge in [0.1, 0.15) is 10.8 Å². The first kappa shape index (κ1) is 13.2. The number of nitrogens with one attached hydrogen (secondary N) is 1. The topological polar surface area (TPSA) is 73.1 Å². The molecule has 0 bridgehead atoms. The molecule has 0 atom stereocenters. The third-order valence-corrected chi connectivity index (χ3v) is 3.20. The Hall–Kier alpha value is -1.25. The van der Waals surface area contributed by atoms with Crippen molar-refractivity contribution in [3.63, 3.8) is 0 Å². The number of rotatable bonds is 3. The number of halogens is 3. The Labute approximate surface area is 119 Å². The van der Waals surface area contributed by atoms with E-state index in [1.165, 1.54) is 18.5 Å². The lowest BCUT2D eigenvalue weighted by molar-refractivity contribution is 0.424. The summed E-state index contributed by atoms with van der Waals surface area (Å²) in [6.07, 6.45) is 1.26. The van der Waals surface area contributed by atoms with E-state index >= 15 is 0 Å². The summed E-state index contributed by atoms with van der Waals surface area (Å²) in [7, 11) is 0. The largest absolute Gasteiger partial charge is 0.435 e. The van der Waals surface area contributed by atoms with Crippen LogP contribution >= 0.6 is 31.9 Å². The van der Waals surface area contributed by atoms with Gasteiger partial charge in [0.15, 0.2) is 17.4 Å². The molecule has 0 radical (unpaired) electrons. The number of hydrogen-bond acceptors (Lipinski definition) is 5. The minimum atomic E-state index is -0.494. The number of anilines is 1. The molecule has 0 aliphatic heterocycles. The lowest BCUT2D eigenvalue weighted by Gasteiger charge is -2.09. The van der Waals surface area contributed by atoms with Crippen molar-refractivity contribution >= 4 is 37.7 Å². The van der Waals surface area contributed by atoms with Gasteiger partial charge in [-0.3, -0.25) is 0 Å². The SMILES string of the molecule is NNc1ncnc(Oc2cc(Br)ccc2F)c1Br. The van der Waals surface area contributed by atoms with Crippen LogP contribution in [0.15, 0.2) is 33.5 Å². The monoisotopic (exact) mass is 376 g/mol. The quantitative estimate of drug-likeness (QED) is 0.634. The minimum Gasteiger partial charge on any atom is -0.435 e. The number of aromatic nitrogens is 2. The zero-order chi connectivity index (χ0) is 13.1. The smallest absolute Gasteiger partial charge is 0.239 e. The Morgan fingerprint density at radius 2 is 2.06 bits per heavy atom. The van der Waals surface area contributed by atoms with Crippen LogP contribution in [0.1, 0.15) is 0 Å². The Morgan fingerprint density at radius 3 is 2.78 bits per heavy atom. The first-order valence-electron chi connectivity index (χ1n) is 4.72. The standard InChI is InChI=1S/C10H7Br2FN4O/c11-5-1-2-6(13)7(3-5)18-10-8(12)9(17-14)15-4-16-10/h1-4H,14H2,(H,15,16,17). The molecule has 0 saturated carbocycles. The van der Waals surface area contributed by atoms with E-state index in [4.69, 9.17) is 10.6 Å². The molecule has 5 nitrogen and oxygen atoms in total. The van der Waals surface area contributed by atoms with Crippen molar-refractivity contribution < 1.29 is 9.13 Å². The number of nitrogens with two attached hydrogens (primary N) is 1. The molecule has 1 heterocycles. The number of benzene rings is 1. The molecular weight excluding hydrogens is 371 g/mol. The molecule has 8 heteroatoms. The van der Waals surface area contributed by atoms with Crippen molar-refractivity contribution in [3.8, 4) is 11.6 Å². The maximum atomic E-state index is 13.5. The number of ether oxygens (including phenoxy) is 1. The summed E-state index contributed by atoms with van der Waals surface area (Å²) in [5, 5.41) is 0. The molecule has 0 unspecified atom stereocenters. The Kier molecular flexibility index (Phi) is 4.10. The molecule has 18 heavy (non-hydrogen) atoms. The van der Waals surface area contributed by atoms with Gasteiger partial charge >= 0.3 is 0 Å². The first-order valence-corrected chi connectivity index (χ1v) is 6.30. The van der Waals surface area contributed by atoms with Crippen molar-refractivity contribution in [2.24, 2.45) is 5.84 Å². The van der Waals surface area contributed by atoms with Crippen molar-refractivity contribution in [2.45, 2.75) is 0 Å². The predicted molar refractivity (Wildman–Crippen MR) is 71.7 cm³/mol. The summed E-state index contributed by atoms with van der Waals surface area (Å²) in [4.78, 5) is 7.76. The van der Waals surface area contributed by atoms with Gasteiger partial charge in [0.05, 0.1) is 0 Å². The minimum absolute atomic E-state index is 0.0479. The van der Waals surface area contributed by atoms with Gasteiger partial charge in [-0.05, 0) is 34.1 Å². The average molecular weight is 378 g/mol. The van der Waals surface area contributed by atoms with Crippen molar-refractivity contribution in [1.29, 1.82) is 0 Å². The van der Waals surface area contributed by atoms with Crippen LogP contribution in [0.3, 0.4) is 0 Å². The van der Waals surface area contributed by atoms with Gasteiger partial charge in [0.25, 0.3) is 0 Å². The van der Waals surface area contributed by atoms with Crippen LogP contribution in [0.5, 0.6) is 11.6 Å².